The van der Waals surface area contributed by atoms with Crippen molar-refractivity contribution in [2.24, 2.45) is 4.99 Å². The summed E-state index contributed by atoms with van der Waals surface area (Å²) in [6, 6.07) is 10.8. The fourth-order valence-corrected chi connectivity index (χ4v) is 4.27. The summed E-state index contributed by atoms with van der Waals surface area (Å²) >= 11 is 13.4. The van der Waals surface area contributed by atoms with Gasteiger partial charge in [-0.1, -0.05) is 41.5 Å². The molecule has 1 aromatic heterocycles. The maximum Gasteiger partial charge on any atom is 0.286 e. The van der Waals surface area contributed by atoms with Crippen LogP contribution in [0.1, 0.15) is 20.3 Å². The molecule has 5 nitrogen and oxygen atoms in total. The predicted octanol–water partition coefficient (Wildman–Crippen LogP) is 5.32. The summed E-state index contributed by atoms with van der Waals surface area (Å²) in [6.07, 6.45) is 0.928. The number of fused-ring (bicyclic) bond motifs is 1. The van der Waals surface area contributed by atoms with E-state index in [1.54, 1.807) is 18.2 Å². The lowest BCUT2D eigenvalue weighted by molar-refractivity contribution is -0.120. The summed E-state index contributed by atoms with van der Waals surface area (Å²) in [5.74, 6) is 0.819. The van der Waals surface area contributed by atoms with E-state index in [9.17, 15) is 4.79 Å². The quantitative estimate of drug-likeness (QED) is 0.501. The Kier molecular flexibility index (Phi) is 6.99. The molecule has 8 heteroatoms. The number of carbonyl (C=O) groups is 1. The minimum atomic E-state index is -0.382. The maximum absolute atomic E-state index is 12.4. The highest BCUT2D eigenvalue weighted by atomic mass is 35.5. The summed E-state index contributed by atoms with van der Waals surface area (Å²) in [5, 5.41) is 0.859. The topological polar surface area (TPSA) is 52.8 Å². The molecule has 2 aromatic carbocycles. The smallest absolute Gasteiger partial charge is 0.286 e. The number of aromatic nitrogens is 1. The van der Waals surface area contributed by atoms with Crippen LogP contribution in [0, 0.1) is 0 Å². The van der Waals surface area contributed by atoms with Crippen LogP contribution in [-0.4, -0.2) is 23.7 Å². The molecule has 3 rings (SSSR count). The van der Waals surface area contributed by atoms with E-state index in [2.05, 4.69) is 11.9 Å². The summed E-state index contributed by atoms with van der Waals surface area (Å²) in [6.45, 7) is 5.20. The van der Waals surface area contributed by atoms with Gasteiger partial charge in [0.15, 0.2) is 11.4 Å². The van der Waals surface area contributed by atoms with Crippen LogP contribution in [-0.2, 0) is 11.3 Å². The number of ether oxygens (including phenoxy) is 2. The Bertz CT molecular complexity index is 1060. The van der Waals surface area contributed by atoms with Gasteiger partial charge in [-0.3, -0.25) is 4.79 Å². The molecule has 0 spiro atoms. The number of aryl methyl sites for hydroxylation is 1. The van der Waals surface area contributed by atoms with Gasteiger partial charge in [0, 0.05) is 11.6 Å². The number of thiazole rings is 1. The van der Waals surface area contributed by atoms with E-state index < -0.39 is 0 Å². The predicted molar refractivity (Wildman–Crippen MR) is 114 cm³/mol. The molecule has 1 amide bonds. The van der Waals surface area contributed by atoms with Crippen LogP contribution in [0.25, 0.3) is 10.2 Å². The van der Waals surface area contributed by atoms with E-state index in [1.165, 1.54) is 11.3 Å². The van der Waals surface area contributed by atoms with Gasteiger partial charge in [-0.05, 0) is 49.7 Å². The van der Waals surface area contributed by atoms with Crippen molar-refractivity contribution in [3.63, 3.8) is 0 Å². The summed E-state index contributed by atoms with van der Waals surface area (Å²) in [5.41, 5.74) is 1.03. The molecule has 0 fully saturated rings. The third-order valence-corrected chi connectivity index (χ3v) is 5.45. The zero-order chi connectivity index (χ0) is 20.1. The number of halogens is 2. The number of rotatable bonds is 7. The first kappa shape index (κ1) is 20.7. The van der Waals surface area contributed by atoms with Crippen LogP contribution >= 0.6 is 34.5 Å². The number of hydrogen-bond donors (Lipinski definition) is 0. The van der Waals surface area contributed by atoms with Crippen molar-refractivity contribution in [2.45, 2.75) is 26.8 Å². The Morgan fingerprint density at radius 1 is 1.14 bits per heavy atom. The average Bonchev–Trinajstić information content (AvgIpc) is 2.98. The molecule has 0 unspecified atom stereocenters. The van der Waals surface area contributed by atoms with Gasteiger partial charge in [0.2, 0.25) is 0 Å². The van der Waals surface area contributed by atoms with Crippen molar-refractivity contribution >= 4 is 50.7 Å². The second-order valence-electron chi connectivity index (χ2n) is 5.97. The molecular weight excluding hydrogens is 419 g/mol. The zero-order valence-electron chi connectivity index (χ0n) is 15.6. The van der Waals surface area contributed by atoms with Gasteiger partial charge in [0.1, 0.15) is 11.5 Å². The molecule has 3 aromatic rings. The van der Waals surface area contributed by atoms with Gasteiger partial charge in [0.25, 0.3) is 5.91 Å². The van der Waals surface area contributed by atoms with Crippen LogP contribution in [0.15, 0.2) is 41.4 Å². The van der Waals surface area contributed by atoms with Gasteiger partial charge in [-0.25, -0.2) is 0 Å². The molecule has 0 N–H and O–H groups in total. The summed E-state index contributed by atoms with van der Waals surface area (Å²) in [4.78, 5) is 17.3. The van der Waals surface area contributed by atoms with Crippen molar-refractivity contribution in [1.82, 2.24) is 4.57 Å². The van der Waals surface area contributed by atoms with Crippen LogP contribution < -0.4 is 14.3 Å². The molecular formula is C20H20Cl2N2O3S. The first-order chi connectivity index (χ1) is 13.5. The number of carbonyl (C=O) groups excluding carboxylic acids is 1. The maximum atomic E-state index is 12.4. The van der Waals surface area contributed by atoms with E-state index in [0.29, 0.717) is 27.2 Å². The van der Waals surface area contributed by atoms with E-state index in [1.807, 2.05) is 29.7 Å². The SMILES string of the molecule is CCCn1c(=NC(=O)COc2ccc(Cl)cc2Cl)sc2cc(OCC)ccc21. The van der Waals surface area contributed by atoms with Gasteiger partial charge >= 0.3 is 0 Å². The van der Waals surface area contributed by atoms with Crippen molar-refractivity contribution in [2.75, 3.05) is 13.2 Å². The van der Waals surface area contributed by atoms with Crippen molar-refractivity contribution in [3.8, 4) is 11.5 Å². The highest BCUT2D eigenvalue weighted by molar-refractivity contribution is 7.16. The third kappa shape index (κ3) is 4.87. The van der Waals surface area contributed by atoms with Gasteiger partial charge in [-0.2, -0.15) is 4.99 Å². The molecule has 0 aliphatic carbocycles. The van der Waals surface area contributed by atoms with E-state index in [0.717, 1.165) is 28.9 Å². The number of benzene rings is 2. The van der Waals surface area contributed by atoms with E-state index in [-0.39, 0.29) is 12.5 Å². The Morgan fingerprint density at radius 3 is 2.68 bits per heavy atom. The van der Waals surface area contributed by atoms with Crippen LogP contribution in [0.3, 0.4) is 0 Å². The summed E-state index contributed by atoms with van der Waals surface area (Å²) < 4.78 is 14.1. The van der Waals surface area contributed by atoms with Crippen molar-refractivity contribution < 1.29 is 14.3 Å². The van der Waals surface area contributed by atoms with Gasteiger partial charge < -0.3 is 14.0 Å². The third-order valence-electron chi connectivity index (χ3n) is 3.88. The molecule has 0 bridgehead atoms. The molecule has 28 heavy (non-hydrogen) atoms. The highest BCUT2D eigenvalue weighted by Crippen LogP contribution is 2.27. The Morgan fingerprint density at radius 2 is 1.96 bits per heavy atom. The Hall–Kier alpha value is -2.02. The minimum absolute atomic E-state index is 0.202. The van der Waals surface area contributed by atoms with Crippen LogP contribution in [0.5, 0.6) is 11.5 Å². The monoisotopic (exact) mass is 438 g/mol. The lowest BCUT2D eigenvalue weighted by atomic mass is 10.3. The Balaban J connectivity index is 1.86. The first-order valence-electron chi connectivity index (χ1n) is 8.93. The lowest BCUT2D eigenvalue weighted by Crippen LogP contribution is -2.19. The van der Waals surface area contributed by atoms with Crippen molar-refractivity contribution in [1.29, 1.82) is 0 Å². The first-order valence-corrected chi connectivity index (χ1v) is 10.5. The number of amides is 1. The lowest BCUT2D eigenvalue weighted by Gasteiger charge is -2.06. The highest BCUT2D eigenvalue weighted by Gasteiger charge is 2.10. The molecule has 0 atom stereocenters. The Labute approximate surface area is 177 Å². The fraction of sp³-hybridized carbons (Fsp3) is 0.300. The number of hydrogen-bond acceptors (Lipinski definition) is 4. The fourth-order valence-electron chi connectivity index (χ4n) is 2.71. The normalized spacial score (nSPS) is 11.8. The molecule has 148 valence electrons. The van der Waals surface area contributed by atoms with E-state index >= 15 is 0 Å². The summed E-state index contributed by atoms with van der Waals surface area (Å²) in [7, 11) is 0. The second kappa shape index (κ2) is 9.45. The second-order valence-corrected chi connectivity index (χ2v) is 7.82. The van der Waals surface area contributed by atoms with Crippen molar-refractivity contribution in [3.05, 3.63) is 51.2 Å². The van der Waals surface area contributed by atoms with Crippen LogP contribution in [0.4, 0.5) is 0 Å². The molecule has 0 aliphatic rings. The van der Waals surface area contributed by atoms with Crippen LogP contribution in [0.2, 0.25) is 10.0 Å². The molecule has 0 saturated carbocycles. The molecule has 0 radical (unpaired) electrons. The minimum Gasteiger partial charge on any atom is -0.494 e. The molecule has 0 saturated heterocycles. The number of nitrogens with zero attached hydrogens (tertiary/aromatic N) is 2. The standard InChI is InChI=1S/C20H20Cl2N2O3S/c1-3-9-24-16-7-6-14(26-4-2)11-18(16)28-20(24)23-19(25)12-27-17-8-5-13(21)10-15(17)22/h5-8,10-11H,3-4,9,12H2,1-2H3. The zero-order valence-corrected chi connectivity index (χ0v) is 17.9. The molecule has 0 aliphatic heterocycles. The van der Waals surface area contributed by atoms with Gasteiger partial charge in [0.05, 0.1) is 21.8 Å². The average molecular weight is 439 g/mol. The van der Waals surface area contributed by atoms with E-state index in [4.69, 9.17) is 32.7 Å². The molecule has 1 heterocycles. The largest absolute Gasteiger partial charge is 0.494 e. The van der Waals surface area contributed by atoms with Gasteiger partial charge in [-0.15, -0.1) is 0 Å².